The minimum Gasteiger partial charge on any atom is -0.373 e. The van der Waals surface area contributed by atoms with Crippen molar-refractivity contribution in [2.75, 3.05) is 13.1 Å². The first kappa shape index (κ1) is 19.0. The van der Waals surface area contributed by atoms with Crippen LogP contribution in [0.3, 0.4) is 0 Å². The Balaban J connectivity index is 1.62. The standard InChI is InChI=1S/C19H26N4O2S/c1-13-9-23(10-14(2)25-13)11-16-6-4-3-5-15(16)8-21-19(24)17-12-26-18(7-20)22-17/h3-6,12-14H,7-11,20H2,1-2H3,(H,21,24)/t13-,14+. The topological polar surface area (TPSA) is 80.5 Å². The molecule has 140 valence electrons. The predicted molar refractivity (Wildman–Crippen MR) is 103 cm³/mol. The molecular weight excluding hydrogens is 348 g/mol. The third-order valence-corrected chi connectivity index (χ3v) is 5.28. The molecule has 7 heteroatoms. The molecule has 1 aromatic heterocycles. The number of hydrogen-bond donors (Lipinski definition) is 2. The number of nitrogens with zero attached hydrogens (tertiary/aromatic N) is 2. The van der Waals surface area contributed by atoms with Gasteiger partial charge in [0.2, 0.25) is 0 Å². The molecule has 6 nitrogen and oxygen atoms in total. The Morgan fingerprint density at radius 3 is 2.65 bits per heavy atom. The number of aromatic nitrogens is 1. The van der Waals surface area contributed by atoms with E-state index in [1.165, 1.54) is 16.9 Å². The summed E-state index contributed by atoms with van der Waals surface area (Å²) in [5.41, 5.74) is 8.35. The van der Waals surface area contributed by atoms with Gasteiger partial charge in [0.05, 0.1) is 12.2 Å². The molecule has 26 heavy (non-hydrogen) atoms. The Morgan fingerprint density at radius 1 is 1.31 bits per heavy atom. The van der Waals surface area contributed by atoms with Gasteiger partial charge in [-0.3, -0.25) is 9.69 Å². The van der Waals surface area contributed by atoms with Crippen LogP contribution in [0.15, 0.2) is 29.6 Å². The average Bonchev–Trinajstić information content (AvgIpc) is 3.09. The molecule has 1 aliphatic rings. The van der Waals surface area contributed by atoms with Crippen molar-refractivity contribution in [3.05, 3.63) is 51.5 Å². The molecule has 0 saturated carbocycles. The smallest absolute Gasteiger partial charge is 0.271 e. The molecule has 2 aromatic rings. The van der Waals surface area contributed by atoms with Crippen LogP contribution in [0.5, 0.6) is 0 Å². The maximum absolute atomic E-state index is 12.3. The highest BCUT2D eigenvalue weighted by atomic mass is 32.1. The summed E-state index contributed by atoms with van der Waals surface area (Å²) in [4.78, 5) is 18.9. The number of hydrogen-bond acceptors (Lipinski definition) is 6. The van der Waals surface area contributed by atoms with Gasteiger partial charge in [-0.15, -0.1) is 11.3 Å². The van der Waals surface area contributed by atoms with E-state index in [9.17, 15) is 4.79 Å². The molecule has 1 saturated heterocycles. The van der Waals surface area contributed by atoms with E-state index >= 15 is 0 Å². The van der Waals surface area contributed by atoms with E-state index in [0.717, 1.165) is 30.2 Å². The van der Waals surface area contributed by atoms with Gasteiger partial charge in [-0.2, -0.15) is 0 Å². The molecule has 1 aliphatic heterocycles. The van der Waals surface area contributed by atoms with Crippen molar-refractivity contribution >= 4 is 17.2 Å². The van der Waals surface area contributed by atoms with Crippen LogP contribution in [0, 0.1) is 0 Å². The van der Waals surface area contributed by atoms with Crippen LogP contribution in [0.1, 0.15) is 40.5 Å². The molecule has 2 heterocycles. The van der Waals surface area contributed by atoms with Crippen molar-refractivity contribution in [3.63, 3.8) is 0 Å². The van der Waals surface area contributed by atoms with Gasteiger partial charge in [0, 0.05) is 38.1 Å². The van der Waals surface area contributed by atoms with Gasteiger partial charge in [-0.25, -0.2) is 4.98 Å². The van der Waals surface area contributed by atoms with Gasteiger partial charge in [-0.1, -0.05) is 24.3 Å². The number of amides is 1. The fourth-order valence-electron chi connectivity index (χ4n) is 3.31. The van der Waals surface area contributed by atoms with Gasteiger partial charge in [0.25, 0.3) is 5.91 Å². The molecule has 2 atom stereocenters. The molecule has 1 fully saturated rings. The Bertz CT molecular complexity index is 739. The second-order valence-electron chi connectivity index (χ2n) is 6.73. The van der Waals surface area contributed by atoms with Crippen LogP contribution in [-0.4, -0.2) is 41.1 Å². The summed E-state index contributed by atoms with van der Waals surface area (Å²) in [6, 6.07) is 8.24. The summed E-state index contributed by atoms with van der Waals surface area (Å²) in [7, 11) is 0. The highest BCUT2D eigenvalue weighted by Gasteiger charge is 2.22. The third-order valence-electron chi connectivity index (χ3n) is 4.41. The zero-order valence-electron chi connectivity index (χ0n) is 15.3. The van der Waals surface area contributed by atoms with Crippen molar-refractivity contribution in [1.82, 2.24) is 15.2 Å². The van der Waals surface area contributed by atoms with E-state index in [-0.39, 0.29) is 18.1 Å². The molecule has 0 unspecified atom stereocenters. The number of morpholine rings is 1. The SMILES string of the molecule is C[C@@H]1CN(Cc2ccccc2CNC(=O)c2csc(CN)n2)C[C@H](C)O1. The normalized spacial score (nSPS) is 20.9. The van der Waals surface area contributed by atoms with Crippen molar-refractivity contribution in [3.8, 4) is 0 Å². The Hall–Kier alpha value is -1.80. The zero-order valence-corrected chi connectivity index (χ0v) is 16.1. The lowest BCUT2D eigenvalue weighted by atomic mass is 10.1. The molecule has 0 radical (unpaired) electrons. The summed E-state index contributed by atoms with van der Waals surface area (Å²) in [6.45, 7) is 7.77. The number of nitrogens with two attached hydrogens (primary N) is 1. The van der Waals surface area contributed by atoms with E-state index in [0.29, 0.717) is 18.8 Å². The number of thiazole rings is 1. The van der Waals surface area contributed by atoms with Crippen LogP contribution in [0.4, 0.5) is 0 Å². The van der Waals surface area contributed by atoms with Crippen molar-refractivity contribution in [2.24, 2.45) is 5.73 Å². The average molecular weight is 375 g/mol. The maximum atomic E-state index is 12.3. The van der Waals surface area contributed by atoms with Crippen LogP contribution < -0.4 is 11.1 Å². The number of carbonyl (C=O) groups excluding carboxylic acids is 1. The molecule has 1 amide bonds. The maximum Gasteiger partial charge on any atom is 0.271 e. The quantitative estimate of drug-likeness (QED) is 0.810. The predicted octanol–water partition coefficient (Wildman–Crippen LogP) is 2.14. The van der Waals surface area contributed by atoms with Gasteiger partial charge in [0.1, 0.15) is 10.7 Å². The second kappa shape index (κ2) is 8.73. The van der Waals surface area contributed by atoms with E-state index in [2.05, 4.69) is 41.2 Å². The van der Waals surface area contributed by atoms with Gasteiger partial charge < -0.3 is 15.8 Å². The van der Waals surface area contributed by atoms with E-state index in [1.54, 1.807) is 5.38 Å². The molecule has 1 aromatic carbocycles. The summed E-state index contributed by atoms with van der Waals surface area (Å²) in [6.07, 6.45) is 0.485. The first-order valence-electron chi connectivity index (χ1n) is 8.92. The van der Waals surface area contributed by atoms with Crippen LogP contribution in [0.2, 0.25) is 0 Å². The monoisotopic (exact) mass is 374 g/mol. The lowest BCUT2D eigenvalue weighted by Crippen LogP contribution is -2.45. The Kier molecular flexibility index (Phi) is 6.37. The van der Waals surface area contributed by atoms with E-state index in [4.69, 9.17) is 10.5 Å². The van der Waals surface area contributed by atoms with E-state index < -0.39 is 0 Å². The molecular formula is C19H26N4O2S. The fourth-order valence-corrected chi connectivity index (χ4v) is 3.97. The summed E-state index contributed by atoms with van der Waals surface area (Å²) in [5, 5.41) is 5.49. The molecule has 0 aliphatic carbocycles. The number of carbonyl (C=O) groups is 1. The number of nitrogens with one attached hydrogen (secondary N) is 1. The van der Waals surface area contributed by atoms with Crippen LogP contribution in [0.25, 0.3) is 0 Å². The Morgan fingerprint density at radius 2 is 2.00 bits per heavy atom. The molecule has 0 bridgehead atoms. The fraction of sp³-hybridized carbons (Fsp3) is 0.474. The second-order valence-corrected chi connectivity index (χ2v) is 7.68. The first-order chi connectivity index (χ1) is 12.5. The van der Waals surface area contributed by atoms with Gasteiger partial charge in [-0.05, 0) is 25.0 Å². The number of rotatable bonds is 6. The lowest BCUT2D eigenvalue weighted by molar-refractivity contribution is -0.0705. The van der Waals surface area contributed by atoms with Crippen molar-refractivity contribution in [2.45, 2.75) is 45.7 Å². The minimum absolute atomic E-state index is 0.163. The number of benzene rings is 1. The first-order valence-corrected chi connectivity index (χ1v) is 9.80. The van der Waals surface area contributed by atoms with Crippen LogP contribution >= 0.6 is 11.3 Å². The minimum atomic E-state index is -0.163. The lowest BCUT2D eigenvalue weighted by Gasteiger charge is -2.35. The summed E-state index contributed by atoms with van der Waals surface area (Å²) in [5.74, 6) is -0.163. The van der Waals surface area contributed by atoms with Crippen LogP contribution in [-0.2, 0) is 24.4 Å². The summed E-state index contributed by atoms with van der Waals surface area (Å²) < 4.78 is 5.81. The van der Waals surface area contributed by atoms with Crippen molar-refractivity contribution < 1.29 is 9.53 Å². The zero-order chi connectivity index (χ0) is 18.5. The third kappa shape index (κ3) is 4.88. The highest BCUT2D eigenvalue weighted by molar-refractivity contribution is 7.09. The number of ether oxygens (including phenoxy) is 1. The Labute approximate surface area is 158 Å². The largest absolute Gasteiger partial charge is 0.373 e. The van der Waals surface area contributed by atoms with Crippen molar-refractivity contribution in [1.29, 1.82) is 0 Å². The van der Waals surface area contributed by atoms with Gasteiger partial charge in [0.15, 0.2) is 0 Å². The molecule has 3 N–H and O–H groups in total. The van der Waals surface area contributed by atoms with E-state index in [1.807, 2.05) is 12.1 Å². The summed E-state index contributed by atoms with van der Waals surface area (Å²) >= 11 is 1.41. The molecule has 3 rings (SSSR count). The van der Waals surface area contributed by atoms with Gasteiger partial charge >= 0.3 is 0 Å². The molecule has 0 spiro atoms. The highest BCUT2D eigenvalue weighted by Crippen LogP contribution is 2.17.